The number of amides is 3. The summed E-state index contributed by atoms with van der Waals surface area (Å²) in [4.78, 5) is 36.6. The van der Waals surface area contributed by atoms with Crippen molar-refractivity contribution in [3.05, 3.63) is 52.6 Å². The molecule has 3 N–H and O–H groups in total. The van der Waals surface area contributed by atoms with Crippen molar-refractivity contribution in [3.63, 3.8) is 0 Å². The van der Waals surface area contributed by atoms with E-state index in [0.717, 1.165) is 6.07 Å². The van der Waals surface area contributed by atoms with Crippen molar-refractivity contribution < 1.29 is 40.9 Å². The summed E-state index contributed by atoms with van der Waals surface area (Å²) in [5, 5.41) is 6.25. The average molecular weight is 609 g/mol. The molecule has 7 nitrogen and oxygen atoms in total. The first-order valence-electron chi connectivity index (χ1n) is 9.99. The molecule has 0 saturated heterocycles. The zero-order valence-electron chi connectivity index (χ0n) is 18.6. The summed E-state index contributed by atoms with van der Waals surface area (Å²) in [7, 11) is 0. The van der Waals surface area contributed by atoms with Crippen LogP contribution in [0.25, 0.3) is 0 Å². The van der Waals surface area contributed by atoms with E-state index in [2.05, 4.69) is 10.6 Å². The SMILES string of the molecule is CC(Cl)(Cl)CC(=O)Nc1ccc(Cl)c(C(=O)Nc2ccc(F)c(NC(=O)CC[S+]([O-])C(F)(F)F)c2F)c1. The zero-order valence-corrected chi connectivity index (χ0v) is 21.7. The number of carbonyl (C=O) groups is 3. The number of benzene rings is 2. The van der Waals surface area contributed by atoms with Crippen molar-refractivity contribution in [1.29, 1.82) is 0 Å². The first-order chi connectivity index (χ1) is 17.0. The van der Waals surface area contributed by atoms with Crippen molar-refractivity contribution >= 4 is 80.8 Å². The first-order valence-corrected chi connectivity index (χ1v) is 12.4. The maximum Gasteiger partial charge on any atom is 0.572 e. The maximum atomic E-state index is 14.8. The van der Waals surface area contributed by atoms with Crippen LogP contribution < -0.4 is 16.0 Å². The number of hydrogen-bond acceptors (Lipinski definition) is 4. The van der Waals surface area contributed by atoms with Gasteiger partial charge < -0.3 is 20.5 Å². The molecular weight excluding hydrogens is 592 g/mol. The Balaban J connectivity index is 2.17. The highest BCUT2D eigenvalue weighted by molar-refractivity contribution is 7.92. The lowest BCUT2D eigenvalue weighted by atomic mass is 10.1. The minimum atomic E-state index is -5.04. The Morgan fingerprint density at radius 2 is 1.65 bits per heavy atom. The van der Waals surface area contributed by atoms with E-state index in [1.54, 1.807) is 5.32 Å². The number of nitrogens with one attached hydrogen (secondary N) is 3. The Morgan fingerprint density at radius 1 is 1.00 bits per heavy atom. The van der Waals surface area contributed by atoms with Crippen molar-refractivity contribution in [1.82, 2.24) is 0 Å². The van der Waals surface area contributed by atoms with Crippen LogP contribution in [0.2, 0.25) is 5.02 Å². The minimum absolute atomic E-state index is 0.0938. The van der Waals surface area contributed by atoms with Crippen LogP contribution in [0.1, 0.15) is 30.1 Å². The highest BCUT2D eigenvalue weighted by atomic mass is 35.5. The van der Waals surface area contributed by atoms with Crippen LogP contribution in [0, 0.1) is 11.6 Å². The van der Waals surface area contributed by atoms with Gasteiger partial charge in [0.05, 0.1) is 40.3 Å². The number of rotatable bonds is 9. The predicted octanol–water partition coefficient (Wildman–Crippen LogP) is 5.99. The van der Waals surface area contributed by atoms with Crippen LogP contribution in [0.5, 0.6) is 0 Å². The monoisotopic (exact) mass is 607 g/mol. The van der Waals surface area contributed by atoms with Gasteiger partial charge in [0.1, 0.15) is 21.6 Å². The fourth-order valence-corrected chi connectivity index (χ4v) is 3.77. The fourth-order valence-electron chi connectivity index (χ4n) is 2.72. The van der Waals surface area contributed by atoms with E-state index in [1.807, 2.05) is 0 Å². The van der Waals surface area contributed by atoms with Crippen LogP contribution in [0.4, 0.5) is 39.0 Å². The molecule has 2 aromatic carbocycles. The molecule has 0 fully saturated rings. The van der Waals surface area contributed by atoms with Crippen molar-refractivity contribution in [2.24, 2.45) is 0 Å². The van der Waals surface area contributed by atoms with Crippen LogP contribution in [0.3, 0.4) is 0 Å². The maximum absolute atomic E-state index is 14.8. The molecule has 0 aliphatic heterocycles. The lowest BCUT2D eigenvalue weighted by Crippen LogP contribution is -2.28. The standard InChI is InChI=1S/C21H17Cl3F5N3O4S/c1-20(23,24)9-16(34)30-10-2-3-12(22)11(8-10)19(35)31-14-5-4-13(25)18(17(14)26)32-15(33)6-7-37(36)21(27,28)29/h2-5,8H,6-7,9H2,1H3,(H,30,34)(H,31,35)(H,32,33). The van der Waals surface area contributed by atoms with E-state index in [1.165, 1.54) is 25.1 Å². The van der Waals surface area contributed by atoms with Gasteiger partial charge in [0.2, 0.25) is 11.8 Å². The van der Waals surface area contributed by atoms with Gasteiger partial charge in [0.25, 0.3) is 5.91 Å². The quantitative estimate of drug-likeness (QED) is 0.185. The topological polar surface area (TPSA) is 110 Å². The van der Waals surface area contributed by atoms with E-state index < -0.39 is 73.9 Å². The summed E-state index contributed by atoms with van der Waals surface area (Å²) in [6.07, 6.45) is -1.22. The van der Waals surface area contributed by atoms with Gasteiger partial charge in [-0.1, -0.05) is 11.6 Å². The summed E-state index contributed by atoms with van der Waals surface area (Å²) in [5.74, 6) is -6.64. The molecule has 16 heteroatoms. The van der Waals surface area contributed by atoms with Gasteiger partial charge >= 0.3 is 5.51 Å². The third-order valence-electron chi connectivity index (χ3n) is 4.34. The summed E-state index contributed by atoms with van der Waals surface area (Å²) in [6.45, 7) is 1.40. The van der Waals surface area contributed by atoms with Crippen molar-refractivity contribution in [3.8, 4) is 0 Å². The second kappa shape index (κ2) is 12.5. The van der Waals surface area contributed by atoms with E-state index in [4.69, 9.17) is 34.8 Å². The molecule has 0 aliphatic rings. The van der Waals surface area contributed by atoms with E-state index in [0.29, 0.717) is 6.07 Å². The van der Waals surface area contributed by atoms with Crippen molar-refractivity contribution in [2.75, 3.05) is 21.7 Å². The smallest absolute Gasteiger partial charge is 0.572 e. The molecular formula is C21H17Cl3F5N3O4S. The van der Waals surface area contributed by atoms with E-state index >= 15 is 0 Å². The summed E-state index contributed by atoms with van der Waals surface area (Å²) >= 11 is 14.3. The Bertz CT molecular complexity index is 1200. The van der Waals surface area contributed by atoms with Crippen LogP contribution in [-0.2, 0) is 20.8 Å². The molecule has 0 aromatic heterocycles. The van der Waals surface area contributed by atoms with Gasteiger partial charge in [0, 0.05) is 5.69 Å². The molecule has 2 aromatic rings. The van der Waals surface area contributed by atoms with Crippen LogP contribution in [-0.4, -0.2) is 37.9 Å². The van der Waals surface area contributed by atoms with E-state index in [-0.39, 0.29) is 22.7 Å². The number of anilines is 3. The van der Waals surface area contributed by atoms with Crippen molar-refractivity contribution in [2.45, 2.75) is 29.6 Å². The largest absolute Gasteiger partial charge is 0.609 e. The van der Waals surface area contributed by atoms with Gasteiger partial charge in [-0.2, -0.15) is 0 Å². The Kier molecular flexibility index (Phi) is 10.4. The van der Waals surface area contributed by atoms with Crippen LogP contribution in [0.15, 0.2) is 30.3 Å². The summed E-state index contributed by atoms with van der Waals surface area (Å²) < 4.78 is 75.6. The highest BCUT2D eigenvalue weighted by Crippen LogP contribution is 2.29. The number of carbonyl (C=O) groups excluding carboxylic acids is 3. The van der Waals surface area contributed by atoms with E-state index in [9.17, 15) is 40.9 Å². The first kappa shape index (κ1) is 30.9. The molecule has 1 atom stereocenters. The number of halogens is 8. The average Bonchev–Trinajstić information content (AvgIpc) is 2.76. The summed E-state index contributed by atoms with van der Waals surface area (Å²) in [5.41, 5.74) is -6.79. The van der Waals surface area contributed by atoms with Gasteiger partial charge in [-0.05, 0) is 37.3 Å². The minimum Gasteiger partial charge on any atom is -0.609 e. The molecule has 0 bridgehead atoms. The zero-order chi connectivity index (χ0) is 28.1. The van der Waals surface area contributed by atoms with Gasteiger partial charge in [-0.25, -0.2) is 8.78 Å². The Labute approximate surface area is 225 Å². The lowest BCUT2D eigenvalue weighted by molar-refractivity contribution is -0.117. The Morgan fingerprint density at radius 3 is 2.24 bits per heavy atom. The molecule has 0 saturated carbocycles. The molecule has 0 heterocycles. The van der Waals surface area contributed by atoms with Gasteiger partial charge in [0.15, 0.2) is 5.82 Å². The third kappa shape index (κ3) is 9.49. The third-order valence-corrected chi connectivity index (χ3v) is 6.03. The molecule has 0 aliphatic carbocycles. The lowest BCUT2D eigenvalue weighted by Gasteiger charge is -2.15. The predicted molar refractivity (Wildman–Crippen MR) is 131 cm³/mol. The Hall–Kier alpha value is -2.32. The molecule has 3 amide bonds. The number of alkyl halides is 5. The molecule has 0 radical (unpaired) electrons. The molecule has 37 heavy (non-hydrogen) atoms. The molecule has 2 rings (SSSR count). The highest BCUT2D eigenvalue weighted by Gasteiger charge is 2.44. The fraction of sp³-hybridized carbons (Fsp3) is 0.286. The molecule has 202 valence electrons. The summed E-state index contributed by atoms with van der Waals surface area (Å²) in [6, 6.07) is 5.33. The van der Waals surface area contributed by atoms with Gasteiger partial charge in [-0.3, -0.25) is 14.4 Å². The molecule has 1 unspecified atom stereocenters. The number of hydrogen-bond donors (Lipinski definition) is 3. The van der Waals surface area contributed by atoms with Crippen LogP contribution >= 0.6 is 34.8 Å². The second-order valence-corrected chi connectivity index (χ2v) is 11.4. The molecule has 0 spiro atoms. The van der Waals surface area contributed by atoms with Gasteiger partial charge in [-0.15, -0.1) is 36.4 Å². The normalized spacial score (nSPS) is 12.6. The second-order valence-electron chi connectivity index (χ2n) is 7.52.